The summed E-state index contributed by atoms with van der Waals surface area (Å²) in [5, 5.41) is 9.49. The second-order valence-electron chi connectivity index (χ2n) is 5.05. The standard InChI is InChI=1S/C14H18ClN3/c1-2-18-13-6-4-3-5-11(13)12(17-18)9-16-14(10-15)7-8-14/h3-6,16H,2,7-10H2,1H3. The average molecular weight is 264 g/mol. The number of para-hydroxylation sites is 1. The first-order valence-electron chi connectivity index (χ1n) is 6.53. The predicted octanol–water partition coefficient (Wildman–Crippen LogP) is 2.92. The van der Waals surface area contributed by atoms with Crippen molar-refractivity contribution in [3.8, 4) is 0 Å². The quantitative estimate of drug-likeness (QED) is 0.841. The Hall–Kier alpha value is -1.06. The fraction of sp³-hybridized carbons (Fsp3) is 0.500. The van der Waals surface area contributed by atoms with Crippen molar-refractivity contribution >= 4 is 22.5 Å². The third kappa shape index (κ3) is 2.02. The van der Waals surface area contributed by atoms with Crippen molar-refractivity contribution in [2.45, 2.75) is 38.4 Å². The highest BCUT2D eigenvalue weighted by Crippen LogP contribution is 2.36. The molecule has 0 aliphatic heterocycles. The van der Waals surface area contributed by atoms with Crippen molar-refractivity contribution in [1.82, 2.24) is 15.1 Å². The highest BCUT2D eigenvalue weighted by Gasteiger charge is 2.41. The molecule has 1 aliphatic carbocycles. The van der Waals surface area contributed by atoms with Gasteiger partial charge in [0.2, 0.25) is 0 Å². The molecule has 1 aliphatic rings. The number of rotatable bonds is 5. The van der Waals surface area contributed by atoms with Gasteiger partial charge in [-0.15, -0.1) is 11.6 Å². The van der Waals surface area contributed by atoms with Gasteiger partial charge in [0.15, 0.2) is 0 Å². The van der Waals surface area contributed by atoms with Crippen molar-refractivity contribution < 1.29 is 0 Å². The van der Waals surface area contributed by atoms with Crippen LogP contribution >= 0.6 is 11.6 Å². The first-order chi connectivity index (χ1) is 8.78. The van der Waals surface area contributed by atoms with E-state index in [1.807, 2.05) is 0 Å². The lowest BCUT2D eigenvalue weighted by Crippen LogP contribution is -2.32. The van der Waals surface area contributed by atoms with Crippen LogP contribution in [0, 0.1) is 0 Å². The summed E-state index contributed by atoms with van der Waals surface area (Å²) in [5.74, 6) is 0.694. The van der Waals surface area contributed by atoms with Gasteiger partial charge in [0, 0.05) is 29.9 Å². The highest BCUT2D eigenvalue weighted by molar-refractivity contribution is 6.18. The topological polar surface area (TPSA) is 29.9 Å². The zero-order valence-corrected chi connectivity index (χ0v) is 11.4. The van der Waals surface area contributed by atoms with E-state index in [2.05, 4.69) is 46.3 Å². The van der Waals surface area contributed by atoms with E-state index >= 15 is 0 Å². The van der Waals surface area contributed by atoms with Crippen LogP contribution in [0.5, 0.6) is 0 Å². The van der Waals surface area contributed by atoms with Crippen LogP contribution < -0.4 is 5.32 Å². The van der Waals surface area contributed by atoms with Crippen LogP contribution in [0.2, 0.25) is 0 Å². The van der Waals surface area contributed by atoms with Crippen molar-refractivity contribution in [2.24, 2.45) is 0 Å². The van der Waals surface area contributed by atoms with Gasteiger partial charge >= 0.3 is 0 Å². The maximum Gasteiger partial charge on any atom is 0.0841 e. The molecule has 1 saturated carbocycles. The third-order valence-corrected chi connectivity index (χ3v) is 4.29. The second-order valence-corrected chi connectivity index (χ2v) is 5.31. The number of hydrogen-bond donors (Lipinski definition) is 1. The summed E-state index contributed by atoms with van der Waals surface area (Å²) in [5.41, 5.74) is 2.52. The van der Waals surface area contributed by atoms with E-state index in [-0.39, 0.29) is 5.54 Å². The molecule has 4 heteroatoms. The van der Waals surface area contributed by atoms with Gasteiger partial charge in [-0.25, -0.2) is 0 Å². The number of halogens is 1. The molecular formula is C14H18ClN3. The molecular weight excluding hydrogens is 246 g/mol. The molecule has 0 bridgehead atoms. The lowest BCUT2D eigenvalue weighted by Gasteiger charge is -2.12. The number of aromatic nitrogens is 2. The Bertz CT molecular complexity index is 557. The second kappa shape index (κ2) is 4.56. The molecule has 1 fully saturated rings. The summed E-state index contributed by atoms with van der Waals surface area (Å²) in [6.07, 6.45) is 2.37. The molecule has 0 atom stereocenters. The van der Waals surface area contributed by atoms with Crippen molar-refractivity contribution in [3.63, 3.8) is 0 Å². The molecule has 96 valence electrons. The van der Waals surface area contributed by atoms with Crippen LogP contribution in [-0.4, -0.2) is 21.2 Å². The number of hydrogen-bond acceptors (Lipinski definition) is 2. The zero-order chi connectivity index (χ0) is 12.6. The fourth-order valence-electron chi connectivity index (χ4n) is 2.35. The van der Waals surface area contributed by atoms with E-state index in [0.29, 0.717) is 5.88 Å². The maximum absolute atomic E-state index is 5.98. The molecule has 2 aromatic rings. The number of nitrogens with one attached hydrogen (secondary N) is 1. The number of alkyl halides is 1. The van der Waals surface area contributed by atoms with Crippen molar-refractivity contribution in [3.05, 3.63) is 30.0 Å². The molecule has 0 radical (unpaired) electrons. The lowest BCUT2D eigenvalue weighted by atomic mass is 10.2. The van der Waals surface area contributed by atoms with E-state index in [9.17, 15) is 0 Å². The average Bonchev–Trinajstić information content (AvgIpc) is 3.12. The Morgan fingerprint density at radius 2 is 2.17 bits per heavy atom. The minimum atomic E-state index is 0.179. The summed E-state index contributed by atoms with van der Waals surface area (Å²) in [6.45, 7) is 3.83. The van der Waals surface area contributed by atoms with Crippen LogP contribution in [0.3, 0.4) is 0 Å². The summed E-state index contributed by atoms with van der Waals surface area (Å²) in [7, 11) is 0. The monoisotopic (exact) mass is 263 g/mol. The minimum absolute atomic E-state index is 0.179. The van der Waals surface area contributed by atoms with Gasteiger partial charge in [0.25, 0.3) is 0 Å². The molecule has 1 N–H and O–H groups in total. The van der Waals surface area contributed by atoms with Gasteiger partial charge in [-0.2, -0.15) is 5.10 Å². The summed E-state index contributed by atoms with van der Waals surface area (Å²) in [6, 6.07) is 8.41. The maximum atomic E-state index is 5.98. The van der Waals surface area contributed by atoms with Gasteiger partial charge in [-0.3, -0.25) is 4.68 Å². The van der Waals surface area contributed by atoms with Crippen LogP contribution in [0.25, 0.3) is 10.9 Å². The fourth-order valence-corrected chi connectivity index (χ4v) is 2.71. The molecule has 0 spiro atoms. The number of fused-ring (bicyclic) bond motifs is 1. The van der Waals surface area contributed by atoms with Gasteiger partial charge in [0.1, 0.15) is 0 Å². The molecule has 18 heavy (non-hydrogen) atoms. The molecule has 1 aromatic heterocycles. The van der Waals surface area contributed by atoms with Crippen LogP contribution in [-0.2, 0) is 13.1 Å². The lowest BCUT2D eigenvalue weighted by molar-refractivity contribution is 0.531. The highest BCUT2D eigenvalue weighted by atomic mass is 35.5. The number of nitrogens with zero attached hydrogens (tertiary/aromatic N) is 2. The van der Waals surface area contributed by atoms with E-state index < -0.39 is 0 Å². The Morgan fingerprint density at radius 1 is 1.39 bits per heavy atom. The van der Waals surface area contributed by atoms with E-state index in [4.69, 9.17) is 11.6 Å². The SMILES string of the molecule is CCn1nc(CNC2(CCl)CC2)c2ccccc21. The molecule has 0 amide bonds. The first kappa shape index (κ1) is 12.0. The van der Waals surface area contributed by atoms with E-state index in [0.717, 1.165) is 18.8 Å². The first-order valence-corrected chi connectivity index (χ1v) is 7.07. The van der Waals surface area contributed by atoms with Crippen LogP contribution in [0.4, 0.5) is 0 Å². The third-order valence-electron chi connectivity index (χ3n) is 3.77. The minimum Gasteiger partial charge on any atom is -0.304 e. The summed E-state index contributed by atoms with van der Waals surface area (Å²) in [4.78, 5) is 0. The largest absolute Gasteiger partial charge is 0.304 e. The van der Waals surface area contributed by atoms with Crippen molar-refractivity contribution in [1.29, 1.82) is 0 Å². The number of benzene rings is 1. The van der Waals surface area contributed by atoms with E-state index in [1.165, 1.54) is 23.7 Å². The van der Waals surface area contributed by atoms with Crippen LogP contribution in [0.15, 0.2) is 24.3 Å². The molecule has 3 nitrogen and oxygen atoms in total. The summed E-state index contributed by atoms with van der Waals surface area (Å²) >= 11 is 5.98. The van der Waals surface area contributed by atoms with Crippen molar-refractivity contribution in [2.75, 3.05) is 5.88 Å². The van der Waals surface area contributed by atoms with Gasteiger partial charge in [0.05, 0.1) is 11.2 Å². The van der Waals surface area contributed by atoms with Crippen LogP contribution in [0.1, 0.15) is 25.5 Å². The van der Waals surface area contributed by atoms with E-state index in [1.54, 1.807) is 0 Å². The smallest absolute Gasteiger partial charge is 0.0841 e. The zero-order valence-electron chi connectivity index (χ0n) is 10.6. The molecule has 3 rings (SSSR count). The summed E-state index contributed by atoms with van der Waals surface area (Å²) < 4.78 is 2.06. The Balaban J connectivity index is 1.87. The number of aryl methyl sites for hydroxylation is 1. The molecule has 1 aromatic carbocycles. The normalized spacial score (nSPS) is 17.2. The van der Waals surface area contributed by atoms with Gasteiger partial charge < -0.3 is 5.32 Å². The Kier molecular flexibility index (Phi) is 3.04. The molecule has 1 heterocycles. The van der Waals surface area contributed by atoms with Gasteiger partial charge in [-0.05, 0) is 25.8 Å². The Labute approximate surface area is 112 Å². The predicted molar refractivity (Wildman–Crippen MR) is 74.9 cm³/mol. The molecule has 0 saturated heterocycles. The molecule has 0 unspecified atom stereocenters. The Morgan fingerprint density at radius 3 is 2.83 bits per heavy atom. The van der Waals surface area contributed by atoms with Gasteiger partial charge in [-0.1, -0.05) is 18.2 Å².